The van der Waals surface area contributed by atoms with Gasteiger partial charge >= 0.3 is 0 Å². The van der Waals surface area contributed by atoms with Crippen molar-refractivity contribution in [2.24, 2.45) is 0 Å². The minimum atomic E-state index is -0.0121. The monoisotopic (exact) mass is 246 g/mol. The fourth-order valence-corrected chi connectivity index (χ4v) is 2.50. The van der Waals surface area contributed by atoms with E-state index < -0.39 is 0 Å². The first kappa shape index (κ1) is 13.1. The molecule has 0 atom stereocenters. The molecule has 0 spiro atoms. The maximum absolute atomic E-state index is 11.0. The van der Waals surface area contributed by atoms with Crippen LogP contribution >= 0.6 is 0 Å². The number of anilines is 1. The topological polar surface area (TPSA) is 32.3 Å². The number of hydrogen-bond donors (Lipinski definition) is 1. The fraction of sp³-hybridized carbons (Fsp3) is 0.533. The SMILES string of the molecule is CC(=O)Nc1cccc(CN2CCCCCC2)c1. The molecule has 1 aromatic carbocycles. The van der Waals surface area contributed by atoms with Crippen molar-refractivity contribution in [1.29, 1.82) is 0 Å². The molecule has 3 nitrogen and oxygen atoms in total. The highest BCUT2D eigenvalue weighted by Crippen LogP contribution is 2.16. The Balaban J connectivity index is 1.97. The predicted octanol–water partition coefficient (Wildman–Crippen LogP) is 3.02. The van der Waals surface area contributed by atoms with E-state index in [0.717, 1.165) is 12.2 Å². The molecule has 98 valence electrons. The Hall–Kier alpha value is -1.35. The normalized spacial score (nSPS) is 17.2. The third-order valence-corrected chi connectivity index (χ3v) is 3.35. The number of hydrogen-bond acceptors (Lipinski definition) is 2. The van der Waals surface area contributed by atoms with Crippen molar-refractivity contribution in [2.45, 2.75) is 39.2 Å². The Morgan fingerprint density at radius 2 is 1.94 bits per heavy atom. The second-order valence-corrected chi connectivity index (χ2v) is 5.07. The third kappa shape index (κ3) is 4.15. The standard InChI is InChI=1S/C15H22N2O/c1-13(18)16-15-8-6-7-14(11-15)12-17-9-4-2-3-5-10-17/h6-8,11H,2-5,9-10,12H2,1H3,(H,16,18). The van der Waals surface area contributed by atoms with Gasteiger partial charge in [-0.25, -0.2) is 0 Å². The average Bonchev–Trinajstić information content (AvgIpc) is 2.57. The molecule has 1 N–H and O–H groups in total. The first-order valence-corrected chi connectivity index (χ1v) is 6.83. The molecule has 0 aliphatic carbocycles. The highest BCUT2D eigenvalue weighted by molar-refractivity contribution is 5.88. The Kier molecular flexibility index (Phi) is 4.76. The van der Waals surface area contributed by atoms with Gasteiger partial charge in [0.1, 0.15) is 0 Å². The second-order valence-electron chi connectivity index (χ2n) is 5.07. The van der Waals surface area contributed by atoms with Crippen LogP contribution in [0, 0.1) is 0 Å². The summed E-state index contributed by atoms with van der Waals surface area (Å²) in [6, 6.07) is 8.16. The Morgan fingerprint density at radius 3 is 2.61 bits per heavy atom. The molecule has 18 heavy (non-hydrogen) atoms. The van der Waals surface area contributed by atoms with E-state index in [1.165, 1.54) is 44.3 Å². The number of carbonyl (C=O) groups excluding carboxylic acids is 1. The van der Waals surface area contributed by atoms with E-state index in [-0.39, 0.29) is 5.91 Å². The Labute approximate surface area is 109 Å². The molecule has 1 fully saturated rings. The van der Waals surface area contributed by atoms with Crippen molar-refractivity contribution < 1.29 is 4.79 Å². The minimum Gasteiger partial charge on any atom is -0.326 e. The van der Waals surface area contributed by atoms with Crippen LogP contribution in [0.2, 0.25) is 0 Å². The highest BCUT2D eigenvalue weighted by atomic mass is 16.1. The molecule has 0 unspecified atom stereocenters. The van der Waals surface area contributed by atoms with Crippen LogP contribution < -0.4 is 5.32 Å². The molecule has 0 saturated carbocycles. The molecule has 3 heteroatoms. The zero-order valence-electron chi connectivity index (χ0n) is 11.1. The van der Waals surface area contributed by atoms with Crippen molar-refractivity contribution in [3.63, 3.8) is 0 Å². The maximum atomic E-state index is 11.0. The van der Waals surface area contributed by atoms with Crippen molar-refractivity contribution in [3.05, 3.63) is 29.8 Å². The van der Waals surface area contributed by atoms with Crippen LogP contribution in [0.1, 0.15) is 38.2 Å². The van der Waals surface area contributed by atoms with E-state index in [9.17, 15) is 4.79 Å². The summed E-state index contributed by atoms with van der Waals surface area (Å²) in [6.45, 7) is 4.93. The summed E-state index contributed by atoms with van der Waals surface area (Å²) in [7, 11) is 0. The lowest BCUT2D eigenvalue weighted by Crippen LogP contribution is -2.24. The van der Waals surface area contributed by atoms with Gasteiger partial charge in [0, 0.05) is 19.2 Å². The molecule has 2 rings (SSSR count). The van der Waals surface area contributed by atoms with E-state index in [4.69, 9.17) is 0 Å². The maximum Gasteiger partial charge on any atom is 0.221 e. The number of nitrogens with zero attached hydrogens (tertiary/aromatic N) is 1. The van der Waals surface area contributed by atoms with Gasteiger partial charge in [-0.3, -0.25) is 9.69 Å². The second kappa shape index (κ2) is 6.55. The molecule has 0 bridgehead atoms. The number of likely N-dealkylation sites (tertiary alicyclic amines) is 1. The zero-order valence-corrected chi connectivity index (χ0v) is 11.1. The molecule has 1 aromatic rings. The van der Waals surface area contributed by atoms with Crippen LogP contribution in [0.25, 0.3) is 0 Å². The van der Waals surface area contributed by atoms with Gasteiger partial charge in [-0.05, 0) is 43.6 Å². The molecule has 1 saturated heterocycles. The molecule has 0 radical (unpaired) electrons. The molecule has 1 aliphatic heterocycles. The van der Waals surface area contributed by atoms with Gasteiger partial charge in [-0.15, -0.1) is 0 Å². The zero-order chi connectivity index (χ0) is 12.8. The largest absolute Gasteiger partial charge is 0.326 e. The Bertz CT molecular complexity index is 395. The van der Waals surface area contributed by atoms with Crippen LogP contribution in [-0.2, 0) is 11.3 Å². The third-order valence-electron chi connectivity index (χ3n) is 3.35. The van der Waals surface area contributed by atoms with E-state index in [1.807, 2.05) is 12.1 Å². The van der Waals surface area contributed by atoms with Crippen molar-refractivity contribution in [3.8, 4) is 0 Å². The van der Waals surface area contributed by atoms with Gasteiger partial charge in [0.2, 0.25) is 5.91 Å². The number of rotatable bonds is 3. The van der Waals surface area contributed by atoms with Crippen LogP contribution in [0.3, 0.4) is 0 Å². The lowest BCUT2D eigenvalue weighted by Gasteiger charge is -2.20. The fourth-order valence-electron chi connectivity index (χ4n) is 2.50. The smallest absolute Gasteiger partial charge is 0.221 e. The van der Waals surface area contributed by atoms with Crippen molar-refractivity contribution in [2.75, 3.05) is 18.4 Å². The van der Waals surface area contributed by atoms with E-state index in [1.54, 1.807) is 6.92 Å². The number of nitrogens with one attached hydrogen (secondary N) is 1. The molecule has 1 heterocycles. The summed E-state index contributed by atoms with van der Waals surface area (Å²) in [5, 5.41) is 2.84. The van der Waals surface area contributed by atoms with Gasteiger partial charge in [0.05, 0.1) is 0 Å². The molecule has 1 amide bonds. The van der Waals surface area contributed by atoms with E-state index >= 15 is 0 Å². The summed E-state index contributed by atoms with van der Waals surface area (Å²) >= 11 is 0. The molecule has 0 aromatic heterocycles. The van der Waals surface area contributed by atoms with Gasteiger partial charge in [-0.2, -0.15) is 0 Å². The van der Waals surface area contributed by atoms with Gasteiger partial charge in [0.15, 0.2) is 0 Å². The van der Waals surface area contributed by atoms with Crippen molar-refractivity contribution >= 4 is 11.6 Å². The van der Waals surface area contributed by atoms with Gasteiger partial charge in [0.25, 0.3) is 0 Å². The van der Waals surface area contributed by atoms with Crippen LogP contribution in [0.15, 0.2) is 24.3 Å². The lowest BCUT2D eigenvalue weighted by atomic mass is 10.2. The molecular formula is C15H22N2O. The lowest BCUT2D eigenvalue weighted by molar-refractivity contribution is -0.114. The van der Waals surface area contributed by atoms with Crippen LogP contribution in [-0.4, -0.2) is 23.9 Å². The highest BCUT2D eigenvalue weighted by Gasteiger charge is 2.09. The summed E-state index contributed by atoms with van der Waals surface area (Å²) in [6.07, 6.45) is 5.35. The predicted molar refractivity (Wildman–Crippen MR) is 74.5 cm³/mol. The van der Waals surface area contributed by atoms with E-state index in [0.29, 0.717) is 0 Å². The summed E-state index contributed by atoms with van der Waals surface area (Å²) < 4.78 is 0. The van der Waals surface area contributed by atoms with Crippen LogP contribution in [0.4, 0.5) is 5.69 Å². The first-order chi connectivity index (χ1) is 8.74. The average molecular weight is 246 g/mol. The summed E-state index contributed by atoms with van der Waals surface area (Å²) in [4.78, 5) is 13.6. The van der Waals surface area contributed by atoms with E-state index in [2.05, 4.69) is 22.3 Å². The van der Waals surface area contributed by atoms with Crippen LogP contribution in [0.5, 0.6) is 0 Å². The summed E-state index contributed by atoms with van der Waals surface area (Å²) in [5.41, 5.74) is 2.18. The number of benzene rings is 1. The molecule has 1 aliphatic rings. The number of amides is 1. The number of carbonyl (C=O) groups is 1. The minimum absolute atomic E-state index is 0.0121. The Morgan fingerprint density at radius 1 is 1.22 bits per heavy atom. The summed E-state index contributed by atoms with van der Waals surface area (Å²) in [5.74, 6) is -0.0121. The van der Waals surface area contributed by atoms with Gasteiger partial charge < -0.3 is 5.32 Å². The quantitative estimate of drug-likeness (QED) is 0.889. The van der Waals surface area contributed by atoms with Crippen molar-refractivity contribution in [1.82, 2.24) is 4.90 Å². The molecular weight excluding hydrogens is 224 g/mol. The van der Waals surface area contributed by atoms with Gasteiger partial charge in [-0.1, -0.05) is 25.0 Å². The first-order valence-electron chi connectivity index (χ1n) is 6.83.